The molecule has 0 unspecified atom stereocenters. The highest BCUT2D eigenvalue weighted by Crippen LogP contribution is 2.29. The summed E-state index contributed by atoms with van der Waals surface area (Å²) in [5.41, 5.74) is 0.358. The number of hydrogen-bond acceptors (Lipinski definition) is 4. The molecule has 0 radical (unpaired) electrons. The molecular formula is C14H19Cl2N3O3. The van der Waals surface area contributed by atoms with Crippen molar-refractivity contribution < 1.29 is 14.7 Å². The van der Waals surface area contributed by atoms with Gasteiger partial charge in [0.05, 0.1) is 22.2 Å². The normalized spacial score (nSPS) is 12.2. The molecule has 122 valence electrons. The van der Waals surface area contributed by atoms with Crippen LogP contribution in [0.3, 0.4) is 0 Å². The van der Waals surface area contributed by atoms with E-state index in [1.807, 2.05) is 19.0 Å². The van der Waals surface area contributed by atoms with Crippen molar-refractivity contribution in [3.8, 4) is 0 Å². The van der Waals surface area contributed by atoms with Gasteiger partial charge in [-0.1, -0.05) is 29.3 Å². The third-order valence-electron chi connectivity index (χ3n) is 2.86. The predicted octanol–water partition coefficient (Wildman–Crippen LogP) is 1.93. The van der Waals surface area contributed by atoms with Crippen LogP contribution in [0.4, 0.5) is 5.69 Å². The molecule has 0 bridgehead atoms. The average Bonchev–Trinajstić information content (AvgIpc) is 2.42. The first-order chi connectivity index (χ1) is 10.3. The summed E-state index contributed by atoms with van der Waals surface area (Å²) in [4.78, 5) is 25.1. The quantitative estimate of drug-likeness (QED) is 0.669. The molecule has 0 heterocycles. The maximum atomic E-state index is 12.0. The number of carbonyl (C=O) groups excluding carboxylic acids is 1. The number of carboxylic acids is 1. The largest absolute Gasteiger partial charge is 0.480 e. The summed E-state index contributed by atoms with van der Waals surface area (Å²) in [5, 5.41) is 15.1. The number of rotatable bonds is 8. The maximum Gasteiger partial charge on any atom is 0.321 e. The number of carboxylic acid groups (broad SMARTS) is 1. The van der Waals surface area contributed by atoms with Gasteiger partial charge in [-0.2, -0.15) is 0 Å². The van der Waals surface area contributed by atoms with E-state index in [1.165, 1.54) is 0 Å². The Bertz CT molecular complexity index is 538. The van der Waals surface area contributed by atoms with Crippen LogP contribution in [-0.2, 0) is 9.59 Å². The third-order valence-corrected chi connectivity index (χ3v) is 3.68. The van der Waals surface area contributed by atoms with E-state index in [1.54, 1.807) is 18.2 Å². The van der Waals surface area contributed by atoms with Gasteiger partial charge in [0.2, 0.25) is 5.91 Å². The molecule has 1 aromatic carbocycles. The van der Waals surface area contributed by atoms with Gasteiger partial charge in [-0.3, -0.25) is 9.59 Å². The van der Waals surface area contributed by atoms with Crippen molar-refractivity contribution in [1.82, 2.24) is 10.2 Å². The Hall–Kier alpha value is -1.34. The number of nitrogens with one attached hydrogen (secondary N) is 2. The standard InChI is InChI=1S/C14H19Cl2N3O3/c1-19(2)7-6-17-11(14(21)22)8-12(20)18-10-5-3-4-9(15)13(10)16/h3-5,11,17H,6-8H2,1-2H3,(H,18,20)(H,21,22)/t11-/m1/s1. The summed E-state index contributed by atoms with van der Waals surface area (Å²) in [5.74, 6) is -1.53. The third kappa shape index (κ3) is 6.19. The van der Waals surface area contributed by atoms with Gasteiger partial charge in [0.1, 0.15) is 6.04 Å². The highest BCUT2D eigenvalue weighted by atomic mass is 35.5. The molecule has 6 nitrogen and oxygen atoms in total. The zero-order chi connectivity index (χ0) is 16.7. The van der Waals surface area contributed by atoms with E-state index in [-0.39, 0.29) is 11.4 Å². The predicted molar refractivity (Wildman–Crippen MR) is 87.7 cm³/mol. The first-order valence-corrected chi connectivity index (χ1v) is 7.41. The number of likely N-dealkylation sites (N-methyl/N-ethyl adjacent to an activating group) is 1. The van der Waals surface area contributed by atoms with Crippen LogP contribution in [0.5, 0.6) is 0 Å². The van der Waals surface area contributed by atoms with Crippen LogP contribution in [0.15, 0.2) is 18.2 Å². The van der Waals surface area contributed by atoms with Gasteiger partial charge < -0.3 is 20.6 Å². The minimum absolute atomic E-state index is 0.203. The van der Waals surface area contributed by atoms with Crippen molar-refractivity contribution in [2.75, 3.05) is 32.5 Å². The number of aliphatic carboxylic acids is 1. The molecule has 0 aliphatic heterocycles. The van der Waals surface area contributed by atoms with Crippen molar-refractivity contribution in [2.45, 2.75) is 12.5 Å². The minimum Gasteiger partial charge on any atom is -0.480 e. The Morgan fingerprint density at radius 3 is 2.59 bits per heavy atom. The fraction of sp³-hybridized carbons (Fsp3) is 0.429. The lowest BCUT2D eigenvalue weighted by Gasteiger charge is -2.16. The molecule has 1 atom stereocenters. The Morgan fingerprint density at radius 1 is 1.32 bits per heavy atom. The van der Waals surface area contributed by atoms with Gasteiger partial charge >= 0.3 is 5.97 Å². The number of anilines is 1. The highest BCUT2D eigenvalue weighted by Gasteiger charge is 2.21. The molecule has 1 rings (SSSR count). The molecule has 0 aliphatic carbocycles. The molecule has 22 heavy (non-hydrogen) atoms. The second-order valence-electron chi connectivity index (χ2n) is 5.00. The van der Waals surface area contributed by atoms with Gasteiger partial charge in [-0.05, 0) is 26.2 Å². The van der Waals surface area contributed by atoms with Gasteiger partial charge in [0.15, 0.2) is 0 Å². The number of benzene rings is 1. The minimum atomic E-state index is -1.08. The SMILES string of the molecule is CN(C)CCN[C@H](CC(=O)Nc1cccc(Cl)c1Cl)C(=O)O. The topological polar surface area (TPSA) is 81.7 Å². The number of hydrogen-bond donors (Lipinski definition) is 3. The van der Waals surface area contributed by atoms with Gasteiger partial charge in [0, 0.05) is 13.1 Å². The molecule has 0 aliphatic rings. The van der Waals surface area contributed by atoms with Crippen LogP contribution in [-0.4, -0.2) is 55.1 Å². The first kappa shape index (κ1) is 18.7. The van der Waals surface area contributed by atoms with Crippen LogP contribution in [0, 0.1) is 0 Å². The van der Waals surface area contributed by atoms with Crippen molar-refractivity contribution in [2.24, 2.45) is 0 Å². The number of amides is 1. The lowest BCUT2D eigenvalue weighted by molar-refractivity contribution is -0.141. The Balaban J connectivity index is 2.60. The number of halogens is 2. The second-order valence-corrected chi connectivity index (χ2v) is 5.79. The molecule has 0 saturated heterocycles. The van der Waals surface area contributed by atoms with E-state index in [9.17, 15) is 9.59 Å². The fourth-order valence-corrected chi connectivity index (χ4v) is 2.04. The van der Waals surface area contributed by atoms with Crippen LogP contribution >= 0.6 is 23.2 Å². The summed E-state index contributed by atoms with van der Waals surface area (Å²) in [6.07, 6.45) is -0.203. The molecule has 3 N–H and O–H groups in total. The monoisotopic (exact) mass is 347 g/mol. The molecule has 1 amide bonds. The molecule has 0 saturated carbocycles. The second kappa shape index (κ2) is 8.95. The smallest absolute Gasteiger partial charge is 0.321 e. The average molecular weight is 348 g/mol. The van der Waals surface area contributed by atoms with E-state index in [0.717, 1.165) is 0 Å². The lowest BCUT2D eigenvalue weighted by Crippen LogP contribution is -2.42. The number of carbonyl (C=O) groups is 2. The van der Waals surface area contributed by atoms with Crippen LogP contribution in [0.2, 0.25) is 10.0 Å². The fourth-order valence-electron chi connectivity index (χ4n) is 1.70. The van der Waals surface area contributed by atoms with E-state index >= 15 is 0 Å². The number of nitrogens with zero attached hydrogens (tertiary/aromatic N) is 1. The van der Waals surface area contributed by atoms with Crippen molar-refractivity contribution in [3.63, 3.8) is 0 Å². The molecule has 8 heteroatoms. The summed E-state index contributed by atoms with van der Waals surface area (Å²) in [7, 11) is 3.76. The molecule has 1 aromatic rings. The van der Waals surface area contributed by atoms with E-state index in [2.05, 4.69) is 10.6 Å². The summed E-state index contributed by atoms with van der Waals surface area (Å²) in [6, 6.07) is 3.88. The van der Waals surface area contributed by atoms with Crippen molar-refractivity contribution >= 4 is 40.8 Å². The van der Waals surface area contributed by atoms with Crippen molar-refractivity contribution in [3.05, 3.63) is 28.2 Å². The zero-order valence-electron chi connectivity index (χ0n) is 12.4. The molecule has 0 aromatic heterocycles. The van der Waals surface area contributed by atoms with E-state index in [4.69, 9.17) is 28.3 Å². The molecular weight excluding hydrogens is 329 g/mol. The summed E-state index contributed by atoms with van der Waals surface area (Å²) < 4.78 is 0. The van der Waals surface area contributed by atoms with Crippen LogP contribution < -0.4 is 10.6 Å². The maximum absolute atomic E-state index is 12.0. The molecule has 0 spiro atoms. The van der Waals surface area contributed by atoms with Gasteiger partial charge in [0.25, 0.3) is 0 Å². The summed E-state index contributed by atoms with van der Waals surface area (Å²) >= 11 is 11.8. The van der Waals surface area contributed by atoms with Crippen molar-refractivity contribution in [1.29, 1.82) is 0 Å². The van der Waals surface area contributed by atoms with Crippen LogP contribution in [0.1, 0.15) is 6.42 Å². The van der Waals surface area contributed by atoms with E-state index < -0.39 is 17.9 Å². The highest BCUT2D eigenvalue weighted by molar-refractivity contribution is 6.43. The lowest BCUT2D eigenvalue weighted by atomic mass is 10.2. The zero-order valence-corrected chi connectivity index (χ0v) is 13.9. The first-order valence-electron chi connectivity index (χ1n) is 6.66. The van der Waals surface area contributed by atoms with Gasteiger partial charge in [-0.25, -0.2) is 0 Å². The molecule has 0 fully saturated rings. The Morgan fingerprint density at radius 2 is 2.00 bits per heavy atom. The van der Waals surface area contributed by atoms with Gasteiger partial charge in [-0.15, -0.1) is 0 Å². The Kier molecular flexibility index (Phi) is 7.61. The van der Waals surface area contributed by atoms with E-state index in [0.29, 0.717) is 23.8 Å². The summed E-state index contributed by atoms with van der Waals surface area (Å²) in [6.45, 7) is 1.14. The Labute approximate surface area is 139 Å². The van der Waals surface area contributed by atoms with Crippen LogP contribution in [0.25, 0.3) is 0 Å².